The molecule has 0 aliphatic rings. The minimum atomic E-state index is -0.636. The molecule has 0 aromatic rings. The number of ether oxygens (including phenoxy) is 2. The van der Waals surface area contributed by atoms with E-state index in [4.69, 9.17) is 9.47 Å². The third-order valence-electron chi connectivity index (χ3n) is 5.65. The summed E-state index contributed by atoms with van der Waals surface area (Å²) in [5.74, 6) is -0.199. The number of allylic oxidation sites excluding steroid dienone is 2. The highest BCUT2D eigenvalue weighted by molar-refractivity contribution is 5.69. The Morgan fingerprint density at radius 2 is 1.42 bits per heavy atom. The van der Waals surface area contributed by atoms with E-state index in [-0.39, 0.29) is 12.6 Å². The van der Waals surface area contributed by atoms with Crippen LogP contribution in [0, 0.1) is 0 Å². The molecular formula is C28H54O5. The molecule has 33 heavy (non-hydrogen) atoms. The molecule has 2 atom stereocenters. The van der Waals surface area contributed by atoms with E-state index in [1.165, 1.54) is 64.2 Å². The van der Waals surface area contributed by atoms with Crippen LogP contribution in [0.15, 0.2) is 12.2 Å². The number of hydrogen-bond donors (Lipinski definition) is 2. The van der Waals surface area contributed by atoms with Crippen LogP contribution in [-0.2, 0) is 14.3 Å². The Balaban J connectivity index is 3.61. The Bertz CT molecular complexity index is 469. The molecule has 2 N–H and O–H groups in total. The average Bonchev–Trinajstić information content (AvgIpc) is 2.75. The third-order valence-corrected chi connectivity index (χ3v) is 5.65. The van der Waals surface area contributed by atoms with E-state index in [1.807, 2.05) is 20.8 Å². The van der Waals surface area contributed by atoms with Crippen molar-refractivity contribution in [2.75, 3.05) is 13.2 Å². The van der Waals surface area contributed by atoms with Crippen LogP contribution in [0.4, 0.5) is 0 Å². The summed E-state index contributed by atoms with van der Waals surface area (Å²) in [5, 5.41) is 19.8. The van der Waals surface area contributed by atoms with Crippen LogP contribution in [0.2, 0.25) is 0 Å². The molecule has 0 aliphatic carbocycles. The van der Waals surface area contributed by atoms with E-state index < -0.39 is 17.8 Å². The van der Waals surface area contributed by atoms with E-state index in [9.17, 15) is 15.0 Å². The molecule has 0 heterocycles. The van der Waals surface area contributed by atoms with Crippen LogP contribution < -0.4 is 0 Å². The Morgan fingerprint density at radius 3 is 2.00 bits per heavy atom. The number of unbranched alkanes of at least 4 members (excludes halogenated alkanes) is 11. The van der Waals surface area contributed by atoms with Gasteiger partial charge in [0.15, 0.2) is 0 Å². The first-order valence-corrected chi connectivity index (χ1v) is 13.6. The molecule has 0 saturated heterocycles. The molecule has 5 nitrogen and oxygen atoms in total. The topological polar surface area (TPSA) is 76.0 Å². The summed E-state index contributed by atoms with van der Waals surface area (Å²) in [4.78, 5) is 11.7. The molecule has 0 bridgehead atoms. The highest BCUT2D eigenvalue weighted by Crippen LogP contribution is 2.14. The Kier molecular flexibility index (Phi) is 21.0. The van der Waals surface area contributed by atoms with Gasteiger partial charge >= 0.3 is 5.97 Å². The van der Waals surface area contributed by atoms with Crippen molar-refractivity contribution in [1.82, 2.24) is 0 Å². The van der Waals surface area contributed by atoms with Crippen molar-refractivity contribution < 1.29 is 24.5 Å². The monoisotopic (exact) mass is 470 g/mol. The predicted molar refractivity (Wildman–Crippen MR) is 137 cm³/mol. The van der Waals surface area contributed by atoms with Crippen LogP contribution >= 0.6 is 0 Å². The van der Waals surface area contributed by atoms with Gasteiger partial charge < -0.3 is 19.7 Å². The van der Waals surface area contributed by atoms with E-state index in [1.54, 1.807) is 0 Å². The second-order valence-corrected chi connectivity index (χ2v) is 10.2. The maximum atomic E-state index is 11.7. The van der Waals surface area contributed by atoms with Crippen LogP contribution in [0.5, 0.6) is 0 Å². The zero-order chi connectivity index (χ0) is 24.8. The summed E-state index contributed by atoms with van der Waals surface area (Å²) >= 11 is 0. The van der Waals surface area contributed by atoms with Crippen molar-refractivity contribution in [3.05, 3.63) is 12.2 Å². The van der Waals surface area contributed by atoms with Crippen molar-refractivity contribution in [3.8, 4) is 0 Å². The van der Waals surface area contributed by atoms with Gasteiger partial charge in [-0.2, -0.15) is 0 Å². The van der Waals surface area contributed by atoms with Crippen molar-refractivity contribution in [3.63, 3.8) is 0 Å². The highest BCUT2D eigenvalue weighted by Gasteiger charge is 2.19. The van der Waals surface area contributed by atoms with Gasteiger partial charge in [-0.1, -0.05) is 70.4 Å². The number of esters is 1. The number of aliphatic hydroxyl groups excluding tert-OH is 2. The van der Waals surface area contributed by atoms with E-state index >= 15 is 0 Å². The fourth-order valence-electron chi connectivity index (χ4n) is 3.72. The first-order valence-electron chi connectivity index (χ1n) is 13.6. The predicted octanol–water partition coefficient (Wildman–Crippen LogP) is 6.88. The quantitative estimate of drug-likeness (QED) is 0.102. The fourth-order valence-corrected chi connectivity index (χ4v) is 3.72. The molecule has 0 rings (SSSR count). The van der Waals surface area contributed by atoms with Crippen LogP contribution in [0.25, 0.3) is 0 Å². The molecule has 196 valence electrons. The van der Waals surface area contributed by atoms with Crippen LogP contribution in [-0.4, -0.2) is 47.2 Å². The summed E-state index contributed by atoms with van der Waals surface area (Å²) < 4.78 is 10.9. The first kappa shape index (κ1) is 32.1. The van der Waals surface area contributed by atoms with Crippen molar-refractivity contribution >= 4 is 5.97 Å². The lowest BCUT2D eigenvalue weighted by atomic mass is 10.0. The summed E-state index contributed by atoms with van der Waals surface area (Å²) in [6, 6.07) is 0. The second kappa shape index (κ2) is 21.6. The standard InChI is InChI=1S/C28H54O5/c1-5-6-7-8-9-10-11-12-13-14-15-16-17-18-21-25(30)26(24-29)32-23-20-19-22-27(31)33-28(2,3)4/h10-11,25-26,29-30H,5-9,12-24H2,1-4H3/b11-10-/t25-,26-/m0/s1. The number of hydrogen-bond acceptors (Lipinski definition) is 5. The third kappa shape index (κ3) is 22.6. The molecule has 0 fully saturated rings. The summed E-state index contributed by atoms with van der Waals surface area (Å²) in [5.41, 5.74) is -0.454. The summed E-state index contributed by atoms with van der Waals surface area (Å²) in [6.45, 7) is 8.07. The molecule has 0 aliphatic heterocycles. The second-order valence-electron chi connectivity index (χ2n) is 10.2. The maximum Gasteiger partial charge on any atom is 0.306 e. The lowest BCUT2D eigenvalue weighted by molar-refractivity contribution is -0.155. The molecule has 0 spiro atoms. The minimum Gasteiger partial charge on any atom is -0.460 e. The molecule has 0 aromatic carbocycles. The zero-order valence-corrected chi connectivity index (χ0v) is 22.2. The van der Waals surface area contributed by atoms with Gasteiger partial charge in [0.05, 0.1) is 12.7 Å². The fraction of sp³-hybridized carbons (Fsp3) is 0.893. The van der Waals surface area contributed by atoms with Gasteiger partial charge in [-0.15, -0.1) is 0 Å². The number of rotatable bonds is 22. The van der Waals surface area contributed by atoms with Crippen LogP contribution in [0.1, 0.15) is 130 Å². The summed E-state index contributed by atoms with van der Waals surface area (Å²) in [6.07, 6.45) is 20.7. The molecular weight excluding hydrogens is 416 g/mol. The number of carbonyl (C=O) groups is 1. The number of aliphatic hydroxyl groups is 2. The van der Waals surface area contributed by atoms with Crippen molar-refractivity contribution in [2.45, 2.75) is 148 Å². The zero-order valence-electron chi connectivity index (χ0n) is 22.2. The molecule has 0 aromatic heterocycles. The van der Waals surface area contributed by atoms with Gasteiger partial charge in [-0.05, 0) is 65.7 Å². The van der Waals surface area contributed by atoms with Gasteiger partial charge in [0.25, 0.3) is 0 Å². The minimum absolute atomic E-state index is 0.181. The van der Waals surface area contributed by atoms with E-state index in [2.05, 4.69) is 19.1 Å². The summed E-state index contributed by atoms with van der Waals surface area (Å²) in [7, 11) is 0. The largest absolute Gasteiger partial charge is 0.460 e. The Labute approximate surface area is 204 Å². The molecule has 5 heteroatoms. The van der Waals surface area contributed by atoms with Gasteiger partial charge in [-0.25, -0.2) is 0 Å². The van der Waals surface area contributed by atoms with Gasteiger partial charge in [0, 0.05) is 13.0 Å². The van der Waals surface area contributed by atoms with Crippen molar-refractivity contribution in [2.24, 2.45) is 0 Å². The van der Waals surface area contributed by atoms with Crippen LogP contribution in [0.3, 0.4) is 0 Å². The molecule has 0 saturated carbocycles. The number of carbonyl (C=O) groups excluding carboxylic acids is 1. The SMILES string of the molecule is CCCCCC/C=C\CCCCCCCC[C@H](O)[C@H](CO)OCCCCC(=O)OC(C)(C)C. The van der Waals surface area contributed by atoms with Crippen molar-refractivity contribution in [1.29, 1.82) is 0 Å². The van der Waals surface area contributed by atoms with E-state index in [0.717, 1.165) is 12.8 Å². The molecule has 0 radical (unpaired) electrons. The smallest absolute Gasteiger partial charge is 0.306 e. The normalized spacial score (nSPS) is 14.0. The molecule has 0 unspecified atom stereocenters. The van der Waals surface area contributed by atoms with Gasteiger partial charge in [-0.3, -0.25) is 4.79 Å². The van der Waals surface area contributed by atoms with E-state index in [0.29, 0.717) is 32.3 Å². The Morgan fingerprint density at radius 1 is 0.848 bits per heavy atom. The molecule has 0 amide bonds. The first-order chi connectivity index (χ1) is 15.8. The highest BCUT2D eigenvalue weighted by atomic mass is 16.6. The lowest BCUT2D eigenvalue weighted by Crippen LogP contribution is -2.32. The average molecular weight is 471 g/mol. The van der Waals surface area contributed by atoms with Gasteiger partial charge in [0.2, 0.25) is 0 Å². The lowest BCUT2D eigenvalue weighted by Gasteiger charge is -2.22. The van der Waals surface area contributed by atoms with Gasteiger partial charge in [0.1, 0.15) is 11.7 Å². The maximum absolute atomic E-state index is 11.7. The Hall–Kier alpha value is -0.910.